The van der Waals surface area contributed by atoms with Gasteiger partial charge in [-0.15, -0.1) is 0 Å². The van der Waals surface area contributed by atoms with E-state index in [-0.39, 0.29) is 5.02 Å². The molecule has 2 aromatic rings. The van der Waals surface area contributed by atoms with Gasteiger partial charge in [-0.2, -0.15) is 0 Å². The summed E-state index contributed by atoms with van der Waals surface area (Å²) in [6.45, 7) is 0. The highest BCUT2D eigenvalue weighted by atomic mass is 35.5. The predicted molar refractivity (Wildman–Crippen MR) is 53.5 cm³/mol. The van der Waals surface area contributed by atoms with Gasteiger partial charge in [0.15, 0.2) is 0 Å². The average Bonchev–Trinajstić information content (AvgIpc) is 2.63. The van der Waals surface area contributed by atoms with Gasteiger partial charge in [-0.3, -0.25) is 0 Å². The van der Waals surface area contributed by atoms with Crippen molar-refractivity contribution in [3.8, 4) is 11.3 Å². The molecule has 2 nitrogen and oxygen atoms in total. The lowest BCUT2D eigenvalue weighted by molar-refractivity contribution is 0.580. The van der Waals surface area contributed by atoms with Crippen LogP contribution < -0.4 is 5.73 Å². The van der Waals surface area contributed by atoms with Gasteiger partial charge in [-0.25, -0.2) is 4.39 Å². The Hall–Kier alpha value is -1.48. The van der Waals surface area contributed by atoms with Gasteiger partial charge in [0.25, 0.3) is 0 Å². The van der Waals surface area contributed by atoms with E-state index in [2.05, 4.69) is 0 Å². The number of hydrogen-bond acceptors (Lipinski definition) is 2. The van der Waals surface area contributed by atoms with E-state index in [0.29, 0.717) is 17.0 Å². The molecular weight excluding hydrogens is 205 g/mol. The first-order chi connectivity index (χ1) is 6.68. The molecule has 1 aromatic heterocycles. The van der Waals surface area contributed by atoms with Gasteiger partial charge in [0.2, 0.25) is 0 Å². The van der Waals surface area contributed by atoms with E-state index in [9.17, 15) is 4.39 Å². The highest BCUT2D eigenvalue weighted by Crippen LogP contribution is 2.32. The molecule has 2 N–H and O–H groups in total. The quantitative estimate of drug-likeness (QED) is 0.735. The third-order valence-electron chi connectivity index (χ3n) is 1.88. The molecule has 0 aliphatic rings. The predicted octanol–water partition coefficient (Wildman–Crippen LogP) is 3.32. The van der Waals surface area contributed by atoms with Crippen molar-refractivity contribution < 1.29 is 8.81 Å². The number of benzene rings is 1. The number of hydrogen-bond donors (Lipinski definition) is 1. The van der Waals surface area contributed by atoms with Crippen molar-refractivity contribution >= 4 is 17.3 Å². The van der Waals surface area contributed by atoms with Crippen LogP contribution in [0.1, 0.15) is 0 Å². The van der Waals surface area contributed by atoms with Crippen LogP contribution in [-0.4, -0.2) is 0 Å². The fourth-order valence-electron chi connectivity index (χ4n) is 1.22. The van der Waals surface area contributed by atoms with Gasteiger partial charge >= 0.3 is 0 Å². The second-order valence-corrected chi connectivity index (χ2v) is 3.23. The number of nitrogen functional groups attached to an aromatic ring is 1. The van der Waals surface area contributed by atoms with E-state index >= 15 is 0 Å². The Bertz CT molecular complexity index is 453. The van der Waals surface area contributed by atoms with Gasteiger partial charge in [0.1, 0.15) is 11.6 Å². The van der Waals surface area contributed by atoms with Crippen molar-refractivity contribution in [3.05, 3.63) is 41.4 Å². The Kier molecular flexibility index (Phi) is 2.17. The summed E-state index contributed by atoms with van der Waals surface area (Å²) >= 11 is 5.73. The van der Waals surface area contributed by atoms with Crippen molar-refractivity contribution in [1.29, 1.82) is 0 Å². The molecule has 0 radical (unpaired) electrons. The second-order valence-electron chi connectivity index (χ2n) is 2.83. The summed E-state index contributed by atoms with van der Waals surface area (Å²) in [4.78, 5) is 0. The number of nitrogens with two attached hydrogens (primary N) is 1. The van der Waals surface area contributed by atoms with Crippen LogP contribution in [0.2, 0.25) is 5.02 Å². The molecule has 0 saturated carbocycles. The minimum absolute atomic E-state index is 0.191. The molecule has 0 atom stereocenters. The first kappa shape index (κ1) is 9.09. The number of anilines is 1. The van der Waals surface area contributed by atoms with Crippen LogP contribution in [0, 0.1) is 5.82 Å². The summed E-state index contributed by atoms with van der Waals surface area (Å²) in [5.74, 6) is 0.0690. The molecule has 0 bridgehead atoms. The lowest BCUT2D eigenvalue weighted by Gasteiger charge is -2.04. The van der Waals surface area contributed by atoms with Gasteiger partial charge in [0, 0.05) is 5.56 Å². The summed E-state index contributed by atoms with van der Waals surface area (Å²) in [6.07, 6.45) is 1.49. The van der Waals surface area contributed by atoms with Crippen LogP contribution in [-0.2, 0) is 0 Å². The van der Waals surface area contributed by atoms with Crippen LogP contribution in [0.15, 0.2) is 34.9 Å². The van der Waals surface area contributed by atoms with Gasteiger partial charge in [0.05, 0.1) is 17.0 Å². The van der Waals surface area contributed by atoms with Gasteiger partial charge < -0.3 is 10.2 Å². The van der Waals surface area contributed by atoms with E-state index in [1.807, 2.05) is 0 Å². The largest absolute Gasteiger partial charge is 0.464 e. The van der Waals surface area contributed by atoms with Crippen LogP contribution in [0.5, 0.6) is 0 Å². The van der Waals surface area contributed by atoms with Crippen molar-refractivity contribution in [2.24, 2.45) is 0 Å². The summed E-state index contributed by atoms with van der Waals surface area (Å²) < 4.78 is 18.1. The normalized spacial score (nSPS) is 10.4. The second kappa shape index (κ2) is 3.35. The van der Waals surface area contributed by atoms with E-state index in [1.54, 1.807) is 12.1 Å². The topological polar surface area (TPSA) is 39.2 Å². The maximum atomic E-state index is 13.0. The van der Waals surface area contributed by atoms with E-state index in [0.717, 1.165) is 0 Å². The standard InChI is InChI=1S/C10H7ClFNO/c11-8-5-6(12)4-7(10(8)13)9-2-1-3-14-9/h1-5H,13H2. The zero-order chi connectivity index (χ0) is 10.1. The highest BCUT2D eigenvalue weighted by Gasteiger charge is 2.10. The van der Waals surface area contributed by atoms with Crippen LogP contribution in [0.4, 0.5) is 10.1 Å². The fraction of sp³-hybridized carbons (Fsp3) is 0. The van der Waals surface area contributed by atoms with Crippen LogP contribution >= 0.6 is 11.6 Å². The summed E-state index contributed by atoms with van der Waals surface area (Å²) in [7, 11) is 0. The SMILES string of the molecule is Nc1c(Cl)cc(F)cc1-c1ccco1. The Labute approximate surface area is 85.1 Å². The smallest absolute Gasteiger partial charge is 0.136 e. The Balaban J connectivity index is 2.64. The van der Waals surface area contributed by atoms with Crippen LogP contribution in [0.3, 0.4) is 0 Å². The molecule has 1 heterocycles. The third-order valence-corrected chi connectivity index (χ3v) is 2.19. The molecule has 0 amide bonds. The zero-order valence-corrected chi connectivity index (χ0v) is 7.88. The number of halogens is 2. The van der Waals surface area contributed by atoms with Gasteiger partial charge in [-0.05, 0) is 24.3 Å². The van der Waals surface area contributed by atoms with Crippen molar-refractivity contribution in [2.45, 2.75) is 0 Å². The molecule has 0 spiro atoms. The molecule has 1 aromatic carbocycles. The highest BCUT2D eigenvalue weighted by molar-refractivity contribution is 6.33. The first-order valence-corrected chi connectivity index (χ1v) is 4.34. The van der Waals surface area contributed by atoms with Gasteiger partial charge in [-0.1, -0.05) is 11.6 Å². The first-order valence-electron chi connectivity index (χ1n) is 3.97. The number of rotatable bonds is 1. The van der Waals surface area contributed by atoms with Crippen molar-refractivity contribution in [2.75, 3.05) is 5.73 Å². The molecule has 0 unspecified atom stereocenters. The molecule has 4 heteroatoms. The molecule has 0 aliphatic heterocycles. The minimum atomic E-state index is -0.435. The summed E-state index contributed by atoms with van der Waals surface area (Å²) in [6, 6.07) is 5.86. The Morgan fingerprint density at radius 3 is 2.79 bits per heavy atom. The maximum absolute atomic E-state index is 13.0. The number of furan rings is 1. The molecule has 0 saturated heterocycles. The molecule has 0 fully saturated rings. The van der Waals surface area contributed by atoms with E-state index in [1.165, 1.54) is 18.4 Å². The fourth-order valence-corrected chi connectivity index (χ4v) is 1.43. The maximum Gasteiger partial charge on any atom is 0.136 e. The molecule has 14 heavy (non-hydrogen) atoms. The molecule has 2 rings (SSSR count). The van der Waals surface area contributed by atoms with E-state index in [4.69, 9.17) is 21.8 Å². The average molecular weight is 212 g/mol. The summed E-state index contributed by atoms with van der Waals surface area (Å²) in [5.41, 5.74) is 6.48. The Morgan fingerprint density at radius 1 is 1.36 bits per heavy atom. The lowest BCUT2D eigenvalue weighted by Crippen LogP contribution is -1.92. The summed E-state index contributed by atoms with van der Waals surface area (Å²) in [5, 5.41) is 0.191. The molecular formula is C10H7ClFNO. The van der Waals surface area contributed by atoms with Crippen molar-refractivity contribution in [3.63, 3.8) is 0 Å². The zero-order valence-electron chi connectivity index (χ0n) is 7.13. The Morgan fingerprint density at radius 2 is 2.14 bits per heavy atom. The minimum Gasteiger partial charge on any atom is -0.464 e. The lowest BCUT2D eigenvalue weighted by atomic mass is 10.1. The molecule has 72 valence electrons. The van der Waals surface area contributed by atoms with E-state index < -0.39 is 5.82 Å². The molecule has 0 aliphatic carbocycles. The van der Waals surface area contributed by atoms with Crippen LogP contribution in [0.25, 0.3) is 11.3 Å². The third kappa shape index (κ3) is 1.46. The van der Waals surface area contributed by atoms with Crippen molar-refractivity contribution in [1.82, 2.24) is 0 Å². The monoisotopic (exact) mass is 211 g/mol.